The lowest BCUT2D eigenvalue weighted by atomic mass is 9.86. The molecule has 0 aromatic carbocycles. The maximum absolute atomic E-state index is 6.03. The van der Waals surface area contributed by atoms with Crippen LogP contribution in [0.2, 0.25) is 5.02 Å². The van der Waals surface area contributed by atoms with Crippen LogP contribution in [0, 0.1) is 0 Å². The van der Waals surface area contributed by atoms with Gasteiger partial charge < -0.3 is 0 Å². The van der Waals surface area contributed by atoms with E-state index in [1.54, 1.807) is 6.20 Å². The highest BCUT2D eigenvalue weighted by atomic mass is 35.5. The zero-order chi connectivity index (χ0) is 9.19. The molecule has 0 unspecified atom stereocenters. The van der Waals surface area contributed by atoms with Crippen LogP contribution in [0.1, 0.15) is 32.9 Å². The molecular formula is C10H14ClN. The summed E-state index contributed by atoms with van der Waals surface area (Å²) in [6.07, 6.45) is 2.84. The van der Waals surface area contributed by atoms with E-state index in [2.05, 4.69) is 25.8 Å². The highest BCUT2D eigenvalue weighted by molar-refractivity contribution is 6.31. The fourth-order valence-electron chi connectivity index (χ4n) is 1.05. The van der Waals surface area contributed by atoms with Gasteiger partial charge in [0.2, 0.25) is 0 Å². The number of aromatic nitrogens is 1. The van der Waals surface area contributed by atoms with E-state index in [1.165, 1.54) is 0 Å². The summed E-state index contributed by atoms with van der Waals surface area (Å²) in [7, 11) is 0. The summed E-state index contributed by atoms with van der Waals surface area (Å²) in [5, 5.41) is 0.768. The smallest absolute Gasteiger partial charge is 0.0645 e. The van der Waals surface area contributed by atoms with Gasteiger partial charge in [0.1, 0.15) is 0 Å². The van der Waals surface area contributed by atoms with Crippen molar-refractivity contribution in [2.75, 3.05) is 0 Å². The second-order valence-corrected chi connectivity index (χ2v) is 3.98. The van der Waals surface area contributed by atoms with E-state index in [1.807, 2.05) is 12.1 Å². The molecule has 0 aliphatic heterocycles. The topological polar surface area (TPSA) is 12.9 Å². The Morgan fingerprint density at radius 1 is 1.50 bits per heavy atom. The van der Waals surface area contributed by atoms with Gasteiger partial charge in [0.05, 0.1) is 10.7 Å². The van der Waals surface area contributed by atoms with Crippen LogP contribution in [0.15, 0.2) is 18.3 Å². The van der Waals surface area contributed by atoms with E-state index in [9.17, 15) is 0 Å². The first-order valence-corrected chi connectivity index (χ1v) is 4.56. The first-order chi connectivity index (χ1) is 5.58. The van der Waals surface area contributed by atoms with Crippen LogP contribution in [0.3, 0.4) is 0 Å². The molecule has 1 aromatic heterocycles. The molecule has 0 N–H and O–H groups in total. The summed E-state index contributed by atoms with van der Waals surface area (Å²) in [6.45, 7) is 6.45. The summed E-state index contributed by atoms with van der Waals surface area (Å²) >= 11 is 6.03. The Balaban J connectivity index is 3.10. The molecule has 12 heavy (non-hydrogen) atoms. The molecule has 0 saturated heterocycles. The third kappa shape index (κ3) is 1.78. The van der Waals surface area contributed by atoms with Crippen molar-refractivity contribution in [3.8, 4) is 0 Å². The molecule has 2 heteroatoms. The Labute approximate surface area is 78.8 Å². The summed E-state index contributed by atoms with van der Waals surface area (Å²) in [4.78, 5) is 4.29. The predicted octanol–water partition coefficient (Wildman–Crippen LogP) is 3.42. The number of nitrogens with zero attached hydrogens (tertiary/aromatic N) is 1. The van der Waals surface area contributed by atoms with Gasteiger partial charge in [-0.3, -0.25) is 4.98 Å². The maximum atomic E-state index is 6.03. The van der Waals surface area contributed by atoms with Gasteiger partial charge >= 0.3 is 0 Å². The molecule has 66 valence electrons. The van der Waals surface area contributed by atoms with Crippen molar-refractivity contribution >= 4 is 11.6 Å². The van der Waals surface area contributed by atoms with Gasteiger partial charge in [0, 0.05) is 11.6 Å². The standard InChI is InChI=1S/C10H14ClN/c1-4-10(2,3)9-8(11)6-5-7-12-9/h5-7H,4H2,1-3H3. The molecule has 1 aromatic rings. The van der Waals surface area contributed by atoms with Crippen LogP contribution in [-0.4, -0.2) is 4.98 Å². The molecule has 1 nitrogen and oxygen atoms in total. The highest BCUT2D eigenvalue weighted by Crippen LogP contribution is 2.29. The van der Waals surface area contributed by atoms with Gasteiger partial charge in [-0.05, 0) is 18.6 Å². The van der Waals surface area contributed by atoms with Crippen molar-refractivity contribution in [1.82, 2.24) is 4.98 Å². The minimum absolute atomic E-state index is 0.0817. The molecule has 1 heterocycles. The number of hydrogen-bond acceptors (Lipinski definition) is 1. The van der Waals surface area contributed by atoms with E-state index in [4.69, 9.17) is 11.6 Å². The lowest BCUT2D eigenvalue weighted by molar-refractivity contribution is 0.490. The minimum Gasteiger partial charge on any atom is -0.259 e. The third-order valence-corrected chi connectivity index (χ3v) is 2.59. The zero-order valence-corrected chi connectivity index (χ0v) is 8.52. The van der Waals surface area contributed by atoms with Gasteiger partial charge in [0.25, 0.3) is 0 Å². The summed E-state index contributed by atoms with van der Waals surface area (Å²) < 4.78 is 0. The SMILES string of the molecule is CCC(C)(C)c1ncccc1Cl. The summed E-state index contributed by atoms with van der Waals surface area (Å²) in [6, 6.07) is 3.75. The Morgan fingerprint density at radius 3 is 2.67 bits per heavy atom. The van der Waals surface area contributed by atoms with Crippen molar-refractivity contribution in [3.05, 3.63) is 29.0 Å². The Hall–Kier alpha value is -0.560. The molecule has 0 aliphatic carbocycles. The average Bonchev–Trinajstić information content (AvgIpc) is 2.05. The maximum Gasteiger partial charge on any atom is 0.0645 e. The quantitative estimate of drug-likeness (QED) is 0.685. The largest absolute Gasteiger partial charge is 0.259 e. The van der Waals surface area contributed by atoms with Crippen LogP contribution < -0.4 is 0 Å². The third-order valence-electron chi connectivity index (χ3n) is 2.28. The fourth-order valence-corrected chi connectivity index (χ4v) is 1.43. The number of halogens is 1. The lowest BCUT2D eigenvalue weighted by Crippen LogP contribution is -2.17. The van der Waals surface area contributed by atoms with Gasteiger partial charge in [-0.1, -0.05) is 32.4 Å². The molecule has 0 atom stereocenters. The molecule has 0 saturated carbocycles. The van der Waals surface area contributed by atoms with Crippen molar-refractivity contribution in [2.24, 2.45) is 0 Å². The second-order valence-electron chi connectivity index (χ2n) is 3.57. The van der Waals surface area contributed by atoms with Crippen LogP contribution >= 0.6 is 11.6 Å². The molecule has 0 spiro atoms. The molecular weight excluding hydrogens is 170 g/mol. The highest BCUT2D eigenvalue weighted by Gasteiger charge is 2.21. The molecule has 0 fully saturated rings. The van der Waals surface area contributed by atoms with Gasteiger partial charge in [-0.25, -0.2) is 0 Å². The second kappa shape index (κ2) is 3.44. The minimum atomic E-state index is 0.0817. The molecule has 0 bridgehead atoms. The van der Waals surface area contributed by atoms with E-state index in [0.29, 0.717) is 0 Å². The Kier molecular flexibility index (Phi) is 2.73. The first-order valence-electron chi connectivity index (χ1n) is 4.19. The van der Waals surface area contributed by atoms with Crippen molar-refractivity contribution < 1.29 is 0 Å². The Bertz CT molecular complexity index is 268. The molecule has 0 aliphatic rings. The van der Waals surface area contributed by atoms with Crippen LogP contribution in [0.5, 0.6) is 0 Å². The number of hydrogen-bond donors (Lipinski definition) is 0. The fraction of sp³-hybridized carbons (Fsp3) is 0.500. The number of rotatable bonds is 2. The van der Waals surface area contributed by atoms with E-state index < -0.39 is 0 Å². The van der Waals surface area contributed by atoms with Crippen molar-refractivity contribution in [2.45, 2.75) is 32.6 Å². The molecule has 1 rings (SSSR count). The average molecular weight is 184 g/mol. The molecule has 0 radical (unpaired) electrons. The van der Waals surface area contributed by atoms with Gasteiger partial charge in [-0.2, -0.15) is 0 Å². The Morgan fingerprint density at radius 2 is 2.17 bits per heavy atom. The summed E-state index contributed by atoms with van der Waals surface area (Å²) in [5.74, 6) is 0. The van der Waals surface area contributed by atoms with Crippen LogP contribution in [-0.2, 0) is 5.41 Å². The van der Waals surface area contributed by atoms with Crippen LogP contribution in [0.4, 0.5) is 0 Å². The monoisotopic (exact) mass is 183 g/mol. The summed E-state index contributed by atoms with van der Waals surface area (Å²) in [5.41, 5.74) is 1.08. The van der Waals surface area contributed by atoms with E-state index >= 15 is 0 Å². The number of pyridine rings is 1. The molecule has 0 amide bonds. The lowest BCUT2D eigenvalue weighted by Gasteiger charge is -2.22. The first kappa shape index (κ1) is 9.53. The zero-order valence-electron chi connectivity index (χ0n) is 7.76. The van der Waals surface area contributed by atoms with Gasteiger partial charge in [-0.15, -0.1) is 0 Å². The van der Waals surface area contributed by atoms with Gasteiger partial charge in [0.15, 0.2) is 0 Å². The van der Waals surface area contributed by atoms with Crippen LogP contribution in [0.25, 0.3) is 0 Å². The van der Waals surface area contributed by atoms with E-state index in [0.717, 1.165) is 17.1 Å². The van der Waals surface area contributed by atoms with Crippen molar-refractivity contribution in [3.63, 3.8) is 0 Å². The van der Waals surface area contributed by atoms with Crippen molar-refractivity contribution in [1.29, 1.82) is 0 Å². The van der Waals surface area contributed by atoms with E-state index in [-0.39, 0.29) is 5.41 Å². The predicted molar refractivity (Wildman–Crippen MR) is 52.6 cm³/mol. The normalized spacial score (nSPS) is 11.7.